The number of aryl methyl sites for hydroxylation is 2. The third kappa shape index (κ3) is 3.68. The maximum absolute atomic E-state index is 12.6. The molecule has 0 bridgehead atoms. The minimum atomic E-state index is -0.0721. The molecule has 0 aliphatic heterocycles. The first-order valence-corrected chi connectivity index (χ1v) is 12.2. The highest BCUT2D eigenvalue weighted by Crippen LogP contribution is 2.37. The van der Waals surface area contributed by atoms with Gasteiger partial charge in [0.25, 0.3) is 0 Å². The number of nitriles is 1. The van der Waals surface area contributed by atoms with Crippen LogP contribution in [0.3, 0.4) is 0 Å². The summed E-state index contributed by atoms with van der Waals surface area (Å²) in [5.74, 6) is 0.513. The van der Waals surface area contributed by atoms with Crippen molar-refractivity contribution < 1.29 is 4.79 Å². The van der Waals surface area contributed by atoms with Crippen molar-refractivity contribution in [2.24, 2.45) is 0 Å². The van der Waals surface area contributed by atoms with Crippen molar-refractivity contribution in [3.8, 4) is 6.07 Å². The molecule has 0 saturated carbocycles. The van der Waals surface area contributed by atoms with Gasteiger partial charge in [-0.3, -0.25) is 9.20 Å². The Morgan fingerprint density at radius 1 is 1.29 bits per heavy atom. The smallest absolute Gasteiger partial charge is 0.225 e. The molecule has 0 spiro atoms. The lowest BCUT2D eigenvalue weighted by Crippen LogP contribution is -2.12. The van der Waals surface area contributed by atoms with Crippen LogP contribution in [0.5, 0.6) is 0 Å². The molecule has 0 fully saturated rings. The number of hydrogen-bond donors (Lipinski definition) is 1. The molecule has 0 unspecified atom stereocenters. The molecule has 1 aromatic carbocycles. The van der Waals surface area contributed by atoms with Gasteiger partial charge >= 0.3 is 0 Å². The molecule has 1 N–H and O–H groups in total. The second-order valence-electron chi connectivity index (χ2n) is 7.69. The number of carbonyl (C=O) groups is 1. The summed E-state index contributed by atoms with van der Waals surface area (Å²) in [6.45, 7) is 2.08. The van der Waals surface area contributed by atoms with Gasteiger partial charge in [-0.15, -0.1) is 21.5 Å². The zero-order valence-corrected chi connectivity index (χ0v) is 18.8. The number of carbonyl (C=O) groups excluding carboxylic acids is 1. The molecular formula is C23H21N5OS2. The van der Waals surface area contributed by atoms with Gasteiger partial charge in [0.1, 0.15) is 11.1 Å². The summed E-state index contributed by atoms with van der Waals surface area (Å²) in [5.41, 5.74) is 4.84. The Kier molecular flexibility index (Phi) is 5.38. The highest BCUT2D eigenvalue weighted by molar-refractivity contribution is 7.99. The van der Waals surface area contributed by atoms with E-state index in [1.54, 1.807) is 11.3 Å². The molecule has 1 aliphatic carbocycles. The fourth-order valence-corrected chi connectivity index (χ4v) is 6.31. The van der Waals surface area contributed by atoms with E-state index < -0.39 is 0 Å². The first kappa shape index (κ1) is 20.0. The van der Waals surface area contributed by atoms with Crippen molar-refractivity contribution in [2.75, 3.05) is 11.1 Å². The topological polar surface area (TPSA) is 83.1 Å². The van der Waals surface area contributed by atoms with Crippen LogP contribution in [-0.2, 0) is 17.6 Å². The standard InChI is InChI=1S/C23H21N5OS2/c1-14-12-20-26-27-23(28(20)18-8-4-2-6-15(14)18)30-11-10-21(29)25-22-17(13-24)16-7-3-5-9-19(16)31-22/h2,4,6,8,12H,3,5,7,9-11H2,1H3,(H,25,29). The minimum Gasteiger partial charge on any atom is -0.317 e. The Hall–Kier alpha value is -2.89. The van der Waals surface area contributed by atoms with E-state index in [1.165, 1.54) is 27.6 Å². The number of pyridine rings is 1. The van der Waals surface area contributed by atoms with Crippen LogP contribution in [0.4, 0.5) is 5.00 Å². The summed E-state index contributed by atoms with van der Waals surface area (Å²) in [6, 6.07) is 12.5. The van der Waals surface area contributed by atoms with Gasteiger partial charge in [-0.2, -0.15) is 5.26 Å². The molecule has 0 radical (unpaired) electrons. The number of benzene rings is 1. The van der Waals surface area contributed by atoms with Crippen LogP contribution in [0.2, 0.25) is 0 Å². The molecule has 0 atom stereocenters. The maximum atomic E-state index is 12.6. The van der Waals surface area contributed by atoms with Gasteiger partial charge in [-0.1, -0.05) is 30.0 Å². The van der Waals surface area contributed by atoms with Crippen LogP contribution >= 0.6 is 23.1 Å². The van der Waals surface area contributed by atoms with Gasteiger partial charge in [0.2, 0.25) is 5.91 Å². The zero-order valence-electron chi connectivity index (χ0n) is 17.1. The summed E-state index contributed by atoms with van der Waals surface area (Å²) in [7, 11) is 0. The number of thioether (sulfide) groups is 1. The minimum absolute atomic E-state index is 0.0721. The highest BCUT2D eigenvalue weighted by atomic mass is 32.2. The predicted molar refractivity (Wildman–Crippen MR) is 125 cm³/mol. The third-order valence-electron chi connectivity index (χ3n) is 5.67. The molecule has 4 aromatic rings. The lowest BCUT2D eigenvalue weighted by Gasteiger charge is -2.09. The van der Waals surface area contributed by atoms with Crippen molar-refractivity contribution in [3.63, 3.8) is 0 Å². The zero-order chi connectivity index (χ0) is 21.4. The number of nitrogens with one attached hydrogen (secondary N) is 1. The molecule has 156 valence electrons. The quantitative estimate of drug-likeness (QED) is 0.429. The normalized spacial score (nSPS) is 13.3. The number of nitrogens with zero attached hydrogens (tertiary/aromatic N) is 4. The van der Waals surface area contributed by atoms with Gasteiger partial charge < -0.3 is 5.32 Å². The van der Waals surface area contributed by atoms with E-state index in [-0.39, 0.29) is 5.91 Å². The van der Waals surface area contributed by atoms with E-state index in [1.807, 2.05) is 22.6 Å². The van der Waals surface area contributed by atoms with Crippen LogP contribution in [-0.4, -0.2) is 26.3 Å². The predicted octanol–water partition coefficient (Wildman–Crippen LogP) is 5.12. The Balaban J connectivity index is 1.29. The molecular weight excluding hydrogens is 426 g/mol. The summed E-state index contributed by atoms with van der Waals surface area (Å²) in [5, 5.41) is 23.9. The lowest BCUT2D eigenvalue weighted by atomic mass is 9.96. The molecule has 6 nitrogen and oxygen atoms in total. The average Bonchev–Trinajstić information content (AvgIpc) is 3.34. The van der Waals surface area contributed by atoms with Gasteiger partial charge in [-0.25, -0.2) is 0 Å². The number of para-hydroxylation sites is 1. The lowest BCUT2D eigenvalue weighted by molar-refractivity contribution is -0.115. The van der Waals surface area contributed by atoms with Gasteiger partial charge in [0.05, 0.1) is 11.1 Å². The number of fused-ring (bicyclic) bond motifs is 4. The van der Waals surface area contributed by atoms with Gasteiger partial charge in [-0.05, 0) is 55.9 Å². The van der Waals surface area contributed by atoms with Crippen LogP contribution in [0, 0.1) is 18.3 Å². The number of rotatable bonds is 5. The van der Waals surface area contributed by atoms with Crippen LogP contribution in [0.25, 0.3) is 16.6 Å². The Bertz CT molecular complexity index is 1350. The monoisotopic (exact) mass is 447 g/mol. The molecule has 5 rings (SSSR count). The Morgan fingerprint density at radius 3 is 3.00 bits per heavy atom. The molecule has 31 heavy (non-hydrogen) atoms. The summed E-state index contributed by atoms with van der Waals surface area (Å²) >= 11 is 3.08. The van der Waals surface area contributed by atoms with E-state index in [0.717, 1.165) is 47.6 Å². The van der Waals surface area contributed by atoms with E-state index in [2.05, 4.69) is 40.6 Å². The van der Waals surface area contributed by atoms with E-state index in [0.29, 0.717) is 22.7 Å². The average molecular weight is 448 g/mol. The molecule has 8 heteroatoms. The fourth-order valence-electron chi connectivity index (χ4n) is 4.16. The fraction of sp³-hybridized carbons (Fsp3) is 0.304. The number of hydrogen-bond acceptors (Lipinski definition) is 6. The summed E-state index contributed by atoms with van der Waals surface area (Å²) in [4.78, 5) is 13.8. The highest BCUT2D eigenvalue weighted by Gasteiger charge is 2.21. The third-order valence-corrected chi connectivity index (χ3v) is 7.81. The van der Waals surface area contributed by atoms with Crippen molar-refractivity contribution in [1.82, 2.24) is 14.6 Å². The number of anilines is 1. The molecule has 1 aliphatic rings. The van der Waals surface area contributed by atoms with Crippen LogP contribution < -0.4 is 5.32 Å². The SMILES string of the molecule is Cc1cc2nnc(SCCC(=O)Nc3sc4c(c3C#N)CCCC4)n2c2ccccc12. The molecule has 1 amide bonds. The second-order valence-corrected chi connectivity index (χ2v) is 9.86. The molecule has 3 heterocycles. The number of aromatic nitrogens is 3. The first-order valence-electron chi connectivity index (χ1n) is 10.4. The van der Waals surface area contributed by atoms with E-state index in [4.69, 9.17) is 0 Å². The van der Waals surface area contributed by atoms with Crippen LogP contribution in [0.15, 0.2) is 35.5 Å². The second kappa shape index (κ2) is 8.33. The molecule has 0 saturated heterocycles. The van der Waals surface area contributed by atoms with Crippen molar-refractivity contribution in [2.45, 2.75) is 44.2 Å². The van der Waals surface area contributed by atoms with Crippen LogP contribution in [0.1, 0.15) is 40.8 Å². The number of amides is 1. The summed E-state index contributed by atoms with van der Waals surface area (Å²) < 4.78 is 2.05. The Morgan fingerprint density at radius 2 is 2.13 bits per heavy atom. The van der Waals surface area contributed by atoms with Crippen molar-refractivity contribution >= 4 is 50.6 Å². The largest absolute Gasteiger partial charge is 0.317 e. The maximum Gasteiger partial charge on any atom is 0.225 e. The summed E-state index contributed by atoms with van der Waals surface area (Å²) in [6.07, 6.45) is 4.56. The Labute approximate surface area is 188 Å². The van der Waals surface area contributed by atoms with Crippen molar-refractivity contribution in [3.05, 3.63) is 51.9 Å². The van der Waals surface area contributed by atoms with Gasteiger partial charge in [0.15, 0.2) is 10.8 Å². The first-order chi connectivity index (χ1) is 15.2. The van der Waals surface area contributed by atoms with Crippen molar-refractivity contribution in [1.29, 1.82) is 5.26 Å². The molecule has 3 aromatic heterocycles. The van der Waals surface area contributed by atoms with E-state index >= 15 is 0 Å². The van der Waals surface area contributed by atoms with E-state index in [9.17, 15) is 10.1 Å². The van der Waals surface area contributed by atoms with Gasteiger partial charge in [0, 0.05) is 22.4 Å². The number of thiophene rings is 1.